The van der Waals surface area contributed by atoms with Gasteiger partial charge in [0.15, 0.2) is 0 Å². The summed E-state index contributed by atoms with van der Waals surface area (Å²) in [5, 5.41) is 0. The maximum absolute atomic E-state index is 13.3. The van der Waals surface area contributed by atoms with Crippen molar-refractivity contribution >= 4 is 11.4 Å². The lowest BCUT2D eigenvalue weighted by atomic mass is 10.2. The number of pyridine rings is 1. The highest BCUT2D eigenvalue weighted by atomic mass is 19.1. The fourth-order valence-corrected chi connectivity index (χ4v) is 1.97. The zero-order valence-electron chi connectivity index (χ0n) is 10.3. The lowest BCUT2D eigenvalue weighted by Crippen LogP contribution is -2.19. The molecule has 4 heteroatoms. The van der Waals surface area contributed by atoms with Gasteiger partial charge in [-0.05, 0) is 36.8 Å². The van der Waals surface area contributed by atoms with Crippen molar-refractivity contribution in [3.05, 3.63) is 54.1 Å². The number of halogens is 1. The van der Waals surface area contributed by atoms with Gasteiger partial charge in [-0.25, -0.2) is 4.39 Å². The Bertz CT molecular complexity index is 528. The van der Waals surface area contributed by atoms with E-state index in [4.69, 9.17) is 5.73 Å². The Kier molecular flexibility index (Phi) is 3.89. The molecule has 0 radical (unpaired) electrons. The monoisotopic (exact) mass is 245 g/mol. The minimum absolute atomic E-state index is 0.246. The lowest BCUT2D eigenvalue weighted by molar-refractivity contribution is 0.627. The highest BCUT2D eigenvalue weighted by Crippen LogP contribution is 2.27. The quantitative estimate of drug-likeness (QED) is 0.900. The number of nitrogens with zero attached hydrogens (tertiary/aromatic N) is 2. The van der Waals surface area contributed by atoms with Crippen molar-refractivity contribution in [1.82, 2.24) is 4.98 Å². The molecule has 1 heterocycles. The number of rotatable bonds is 4. The Morgan fingerprint density at radius 1 is 1.33 bits per heavy atom. The highest BCUT2D eigenvalue weighted by molar-refractivity contribution is 5.65. The molecule has 0 amide bonds. The third-order valence-corrected chi connectivity index (χ3v) is 2.83. The zero-order chi connectivity index (χ0) is 13.0. The van der Waals surface area contributed by atoms with Crippen molar-refractivity contribution in [2.45, 2.75) is 13.5 Å². The molecule has 0 aliphatic carbocycles. The van der Waals surface area contributed by atoms with Crippen LogP contribution in [-0.4, -0.2) is 11.5 Å². The molecule has 0 saturated heterocycles. The number of aromatic nitrogens is 1. The fourth-order valence-electron chi connectivity index (χ4n) is 1.97. The summed E-state index contributed by atoms with van der Waals surface area (Å²) >= 11 is 0. The van der Waals surface area contributed by atoms with Crippen molar-refractivity contribution in [2.75, 3.05) is 11.4 Å². The van der Waals surface area contributed by atoms with Crippen LogP contribution in [0.1, 0.15) is 12.5 Å². The van der Waals surface area contributed by atoms with E-state index in [1.165, 1.54) is 12.1 Å². The second kappa shape index (κ2) is 5.60. The van der Waals surface area contributed by atoms with E-state index in [0.29, 0.717) is 6.54 Å². The fraction of sp³-hybridized carbons (Fsp3) is 0.214. The molecule has 3 nitrogen and oxygen atoms in total. The van der Waals surface area contributed by atoms with E-state index in [9.17, 15) is 4.39 Å². The molecule has 0 aliphatic heterocycles. The molecule has 0 bridgehead atoms. The summed E-state index contributed by atoms with van der Waals surface area (Å²) in [6.45, 7) is 3.17. The first kappa shape index (κ1) is 12.5. The van der Waals surface area contributed by atoms with Crippen LogP contribution in [0.3, 0.4) is 0 Å². The van der Waals surface area contributed by atoms with Crippen molar-refractivity contribution in [3.63, 3.8) is 0 Å². The van der Waals surface area contributed by atoms with Gasteiger partial charge in [0.05, 0.1) is 11.9 Å². The number of nitrogens with two attached hydrogens (primary N) is 1. The average molecular weight is 245 g/mol. The molecule has 0 fully saturated rings. The van der Waals surface area contributed by atoms with Gasteiger partial charge in [-0.2, -0.15) is 0 Å². The maximum Gasteiger partial charge on any atom is 0.125 e. The third-order valence-electron chi connectivity index (χ3n) is 2.83. The Labute approximate surface area is 106 Å². The molecule has 0 atom stereocenters. The summed E-state index contributed by atoms with van der Waals surface area (Å²) in [6.07, 6.45) is 3.47. The van der Waals surface area contributed by atoms with Crippen LogP contribution in [0.2, 0.25) is 0 Å². The molecule has 94 valence electrons. The summed E-state index contributed by atoms with van der Waals surface area (Å²) in [7, 11) is 0. The summed E-state index contributed by atoms with van der Waals surface area (Å²) < 4.78 is 13.3. The Morgan fingerprint density at radius 2 is 2.17 bits per heavy atom. The van der Waals surface area contributed by atoms with E-state index >= 15 is 0 Å². The van der Waals surface area contributed by atoms with Crippen molar-refractivity contribution in [1.29, 1.82) is 0 Å². The van der Waals surface area contributed by atoms with Gasteiger partial charge in [0.1, 0.15) is 5.82 Å². The van der Waals surface area contributed by atoms with E-state index in [2.05, 4.69) is 4.98 Å². The minimum Gasteiger partial charge on any atom is -0.340 e. The third kappa shape index (κ3) is 2.49. The molecule has 1 aromatic carbocycles. The van der Waals surface area contributed by atoms with E-state index in [0.717, 1.165) is 23.5 Å². The SMILES string of the molecule is CCN(c1cccc(F)c1)c1cnccc1CN. The van der Waals surface area contributed by atoms with E-state index in [1.807, 2.05) is 24.0 Å². The van der Waals surface area contributed by atoms with Crippen LogP contribution >= 0.6 is 0 Å². The van der Waals surface area contributed by atoms with Gasteiger partial charge in [-0.3, -0.25) is 4.98 Å². The molecule has 2 N–H and O–H groups in total. The molecular weight excluding hydrogens is 229 g/mol. The predicted octanol–water partition coefficient (Wildman–Crippen LogP) is 2.84. The van der Waals surface area contributed by atoms with Gasteiger partial charge in [-0.1, -0.05) is 6.07 Å². The predicted molar refractivity (Wildman–Crippen MR) is 71.2 cm³/mol. The Morgan fingerprint density at radius 3 is 2.83 bits per heavy atom. The van der Waals surface area contributed by atoms with Crippen molar-refractivity contribution in [2.24, 2.45) is 5.73 Å². The topological polar surface area (TPSA) is 42.2 Å². The first-order valence-electron chi connectivity index (χ1n) is 5.92. The number of anilines is 2. The first-order chi connectivity index (χ1) is 8.76. The largest absolute Gasteiger partial charge is 0.340 e. The molecule has 1 aromatic heterocycles. The second-order valence-electron chi connectivity index (χ2n) is 3.93. The molecule has 0 aliphatic rings. The summed E-state index contributed by atoms with van der Waals surface area (Å²) in [5.74, 6) is -0.246. The van der Waals surface area contributed by atoms with Gasteiger partial charge in [0.2, 0.25) is 0 Å². The van der Waals surface area contributed by atoms with Crippen LogP contribution in [0, 0.1) is 5.82 Å². The number of benzene rings is 1. The van der Waals surface area contributed by atoms with Gasteiger partial charge in [0.25, 0.3) is 0 Å². The normalized spacial score (nSPS) is 10.4. The van der Waals surface area contributed by atoms with Gasteiger partial charge >= 0.3 is 0 Å². The average Bonchev–Trinajstić information content (AvgIpc) is 2.40. The van der Waals surface area contributed by atoms with Crippen LogP contribution < -0.4 is 10.6 Å². The van der Waals surface area contributed by atoms with Crippen LogP contribution in [0.4, 0.5) is 15.8 Å². The van der Waals surface area contributed by atoms with Crippen LogP contribution in [0.15, 0.2) is 42.7 Å². The van der Waals surface area contributed by atoms with E-state index in [1.54, 1.807) is 18.5 Å². The summed E-state index contributed by atoms with van der Waals surface area (Å²) in [6, 6.07) is 8.41. The Hall–Kier alpha value is -1.94. The molecule has 2 rings (SSSR count). The second-order valence-corrected chi connectivity index (χ2v) is 3.93. The number of hydrogen-bond acceptors (Lipinski definition) is 3. The Balaban J connectivity index is 2.45. The molecule has 0 spiro atoms. The van der Waals surface area contributed by atoms with Gasteiger partial charge in [-0.15, -0.1) is 0 Å². The smallest absolute Gasteiger partial charge is 0.125 e. The van der Waals surface area contributed by atoms with Crippen LogP contribution in [0.25, 0.3) is 0 Å². The minimum atomic E-state index is -0.246. The maximum atomic E-state index is 13.3. The molecular formula is C14H16FN3. The lowest BCUT2D eigenvalue weighted by Gasteiger charge is -2.25. The van der Waals surface area contributed by atoms with E-state index in [-0.39, 0.29) is 5.82 Å². The molecule has 18 heavy (non-hydrogen) atoms. The standard InChI is InChI=1S/C14H16FN3/c1-2-18(13-5-3-4-12(15)8-13)14-10-17-7-6-11(14)9-16/h3-8,10H,2,9,16H2,1H3. The van der Waals surface area contributed by atoms with Gasteiger partial charge < -0.3 is 10.6 Å². The summed E-state index contributed by atoms with van der Waals surface area (Å²) in [5.41, 5.74) is 8.45. The highest BCUT2D eigenvalue weighted by Gasteiger charge is 2.11. The summed E-state index contributed by atoms with van der Waals surface area (Å²) in [4.78, 5) is 6.12. The zero-order valence-corrected chi connectivity index (χ0v) is 10.3. The molecule has 0 unspecified atom stereocenters. The number of hydrogen-bond donors (Lipinski definition) is 1. The first-order valence-corrected chi connectivity index (χ1v) is 5.92. The van der Waals surface area contributed by atoms with Crippen LogP contribution in [0.5, 0.6) is 0 Å². The van der Waals surface area contributed by atoms with Crippen molar-refractivity contribution < 1.29 is 4.39 Å². The van der Waals surface area contributed by atoms with Crippen molar-refractivity contribution in [3.8, 4) is 0 Å². The van der Waals surface area contributed by atoms with Crippen LogP contribution in [-0.2, 0) is 6.54 Å². The molecule has 0 saturated carbocycles. The van der Waals surface area contributed by atoms with Gasteiger partial charge in [0, 0.05) is 25.0 Å². The molecule has 2 aromatic rings. The van der Waals surface area contributed by atoms with E-state index < -0.39 is 0 Å².